The predicted molar refractivity (Wildman–Crippen MR) is 48.6 cm³/mol. The van der Waals surface area contributed by atoms with Gasteiger partial charge in [-0.15, -0.1) is 0 Å². The number of H-pyrrole nitrogens is 1. The molecule has 0 aliphatic rings. The smallest absolute Gasteiger partial charge is 0.361 e. The Kier molecular flexibility index (Phi) is 1.63. The van der Waals surface area contributed by atoms with E-state index in [9.17, 15) is 4.79 Å². The molecule has 0 spiro atoms. The van der Waals surface area contributed by atoms with Crippen LogP contribution in [0.1, 0.15) is 0 Å². The van der Waals surface area contributed by atoms with E-state index in [0.29, 0.717) is 5.69 Å². The largest absolute Gasteiger partial charge is 0.399 e. The number of hydrogen-bond donors (Lipinski definition) is 2. The molecule has 5 nitrogen and oxygen atoms in total. The van der Waals surface area contributed by atoms with E-state index in [-0.39, 0.29) is 5.69 Å². The number of benzene rings is 1. The van der Waals surface area contributed by atoms with Crippen molar-refractivity contribution in [2.45, 2.75) is 0 Å². The first-order valence-corrected chi connectivity index (χ1v) is 3.75. The van der Waals surface area contributed by atoms with Crippen LogP contribution in [0.15, 0.2) is 35.4 Å². The zero-order chi connectivity index (χ0) is 9.26. The van der Waals surface area contributed by atoms with Crippen molar-refractivity contribution in [3.63, 3.8) is 0 Å². The van der Waals surface area contributed by atoms with E-state index in [2.05, 4.69) is 10.1 Å². The monoisotopic (exact) mass is 176 g/mol. The van der Waals surface area contributed by atoms with Gasteiger partial charge >= 0.3 is 5.69 Å². The van der Waals surface area contributed by atoms with Crippen molar-refractivity contribution >= 4 is 5.69 Å². The average Bonchev–Trinajstić information content (AvgIpc) is 2.53. The molecule has 1 heterocycles. The molecule has 5 heteroatoms. The molecular weight excluding hydrogens is 168 g/mol. The van der Waals surface area contributed by atoms with Crippen LogP contribution in [0.3, 0.4) is 0 Å². The number of nitrogens with two attached hydrogens (primary N) is 1. The van der Waals surface area contributed by atoms with E-state index < -0.39 is 0 Å². The highest BCUT2D eigenvalue weighted by Crippen LogP contribution is 2.07. The fourth-order valence-corrected chi connectivity index (χ4v) is 1.04. The van der Waals surface area contributed by atoms with Crippen molar-refractivity contribution in [2.24, 2.45) is 0 Å². The first-order chi connectivity index (χ1) is 6.25. The first kappa shape index (κ1) is 7.60. The van der Waals surface area contributed by atoms with Crippen LogP contribution in [-0.4, -0.2) is 14.8 Å². The highest BCUT2D eigenvalue weighted by molar-refractivity contribution is 5.44. The van der Waals surface area contributed by atoms with Crippen LogP contribution in [0.25, 0.3) is 5.69 Å². The number of nitrogen functional groups attached to an aromatic ring is 1. The summed E-state index contributed by atoms with van der Waals surface area (Å²) >= 11 is 0. The minimum absolute atomic E-state index is 0.364. The van der Waals surface area contributed by atoms with Crippen molar-refractivity contribution in [1.29, 1.82) is 0 Å². The van der Waals surface area contributed by atoms with E-state index in [1.54, 1.807) is 24.3 Å². The molecule has 2 rings (SSSR count). The second kappa shape index (κ2) is 2.78. The SMILES string of the molecule is Nc1ccc(-n2cnc(=O)[nH]2)cc1. The van der Waals surface area contributed by atoms with Gasteiger partial charge in [0.05, 0.1) is 5.69 Å². The number of hydrogen-bond acceptors (Lipinski definition) is 3. The summed E-state index contributed by atoms with van der Waals surface area (Å²) in [5.74, 6) is 0. The van der Waals surface area contributed by atoms with E-state index in [4.69, 9.17) is 5.73 Å². The van der Waals surface area contributed by atoms with Crippen LogP contribution in [0.5, 0.6) is 0 Å². The van der Waals surface area contributed by atoms with Crippen LogP contribution >= 0.6 is 0 Å². The van der Waals surface area contributed by atoms with Crippen LogP contribution < -0.4 is 11.4 Å². The third-order valence-corrected chi connectivity index (χ3v) is 1.68. The molecule has 3 N–H and O–H groups in total. The lowest BCUT2D eigenvalue weighted by Crippen LogP contribution is -2.04. The van der Waals surface area contributed by atoms with Gasteiger partial charge in [0.25, 0.3) is 0 Å². The lowest BCUT2D eigenvalue weighted by Gasteiger charge is -2.00. The lowest BCUT2D eigenvalue weighted by atomic mass is 10.3. The molecule has 0 saturated heterocycles. The second-order valence-electron chi connectivity index (χ2n) is 2.62. The molecule has 0 aliphatic heterocycles. The third-order valence-electron chi connectivity index (χ3n) is 1.68. The summed E-state index contributed by atoms with van der Waals surface area (Å²) < 4.78 is 1.53. The van der Waals surface area contributed by atoms with E-state index in [1.165, 1.54) is 11.0 Å². The molecule has 0 bridgehead atoms. The van der Waals surface area contributed by atoms with Crippen molar-refractivity contribution < 1.29 is 0 Å². The zero-order valence-corrected chi connectivity index (χ0v) is 6.77. The molecule has 13 heavy (non-hydrogen) atoms. The summed E-state index contributed by atoms with van der Waals surface area (Å²) in [5.41, 5.74) is 6.66. The highest BCUT2D eigenvalue weighted by Gasteiger charge is 1.95. The quantitative estimate of drug-likeness (QED) is 0.607. The normalized spacial score (nSPS) is 10.2. The van der Waals surface area contributed by atoms with Gasteiger partial charge in [0.15, 0.2) is 0 Å². The number of nitrogens with zero attached hydrogens (tertiary/aromatic N) is 2. The standard InChI is InChI=1S/C8H8N4O/c9-6-1-3-7(4-2-6)12-5-10-8(13)11-12/h1-5H,9H2,(H,11,13). The molecule has 0 amide bonds. The Morgan fingerprint density at radius 3 is 2.54 bits per heavy atom. The molecule has 0 radical (unpaired) electrons. The van der Waals surface area contributed by atoms with Gasteiger partial charge in [-0.3, -0.25) is 0 Å². The van der Waals surface area contributed by atoms with Gasteiger partial charge in [-0.2, -0.15) is 4.98 Å². The number of nitrogens with one attached hydrogen (secondary N) is 1. The molecule has 0 atom stereocenters. The molecule has 0 fully saturated rings. The Morgan fingerprint density at radius 2 is 2.00 bits per heavy atom. The van der Waals surface area contributed by atoms with Gasteiger partial charge in [-0.1, -0.05) is 0 Å². The summed E-state index contributed by atoms with van der Waals surface area (Å²) in [5, 5.41) is 2.52. The van der Waals surface area contributed by atoms with Crippen LogP contribution in [0.4, 0.5) is 5.69 Å². The molecule has 1 aromatic heterocycles. The van der Waals surface area contributed by atoms with Gasteiger partial charge in [0, 0.05) is 5.69 Å². The predicted octanol–water partition coefficient (Wildman–Crippen LogP) is 0.143. The minimum atomic E-state index is -0.364. The second-order valence-corrected chi connectivity index (χ2v) is 2.62. The van der Waals surface area contributed by atoms with Crippen molar-refractivity contribution in [1.82, 2.24) is 14.8 Å². The fraction of sp³-hybridized carbons (Fsp3) is 0. The van der Waals surface area contributed by atoms with Crippen molar-refractivity contribution in [3.8, 4) is 5.69 Å². The van der Waals surface area contributed by atoms with Crippen LogP contribution in [-0.2, 0) is 0 Å². The average molecular weight is 176 g/mol. The molecule has 0 unspecified atom stereocenters. The summed E-state index contributed by atoms with van der Waals surface area (Å²) in [6.07, 6.45) is 1.42. The third kappa shape index (κ3) is 1.44. The number of anilines is 1. The Morgan fingerprint density at radius 1 is 1.31 bits per heavy atom. The minimum Gasteiger partial charge on any atom is -0.399 e. The number of rotatable bonds is 1. The number of aromatic amines is 1. The lowest BCUT2D eigenvalue weighted by molar-refractivity contribution is 0.864. The molecule has 1 aromatic carbocycles. The highest BCUT2D eigenvalue weighted by atomic mass is 16.1. The van der Waals surface area contributed by atoms with Gasteiger partial charge in [-0.05, 0) is 24.3 Å². The van der Waals surface area contributed by atoms with E-state index in [1.807, 2.05) is 0 Å². The van der Waals surface area contributed by atoms with Crippen molar-refractivity contribution in [3.05, 3.63) is 41.1 Å². The molecule has 66 valence electrons. The van der Waals surface area contributed by atoms with E-state index >= 15 is 0 Å². The summed E-state index contributed by atoms with van der Waals surface area (Å²) in [6, 6.07) is 7.11. The van der Waals surface area contributed by atoms with Gasteiger partial charge in [-0.25, -0.2) is 14.6 Å². The topological polar surface area (TPSA) is 76.7 Å². The first-order valence-electron chi connectivity index (χ1n) is 3.75. The Labute approximate surface area is 73.8 Å². The maximum Gasteiger partial charge on any atom is 0.361 e. The fourth-order valence-electron chi connectivity index (χ4n) is 1.04. The van der Waals surface area contributed by atoms with Crippen LogP contribution in [0.2, 0.25) is 0 Å². The zero-order valence-electron chi connectivity index (χ0n) is 6.77. The Bertz CT molecular complexity index is 453. The Hall–Kier alpha value is -2.04. The summed E-state index contributed by atoms with van der Waals surface area (Å²) in [6.45, 7) is 0. The van der Waals surface area contributed by atoms with Crippen molar-refractivity contribution in [2.75, 3.05) is 5.73 Å². The van der Waals surface area contributed by atoms with Gasteiger partial charge in [0.1, 0.15) is 6.33 Å². The molecular formula is C8H8N4O. The maximum atomic E-state index is 10.7. The maximum absolute atomic E-state index is 10.7. The summed E-state index contributed by atoms with van der Waals surface area (Å²) in [7, 11) is 0. The van der Waals surface area contributed by atoms with Crippen LogP contribution in [0, 0.1) is 0 Å². The van der Waals surface area contributed by atoms with Gasteiger partial charge < -0.3 is 5.73 Å². The molecule has 0 saturated carbocycles. The molecule has 0 aliphatic carbocycles. The van der Waals surface area contributed by atoms with Gasteiger partial charge in [0.2, 0.25) is 0 Å². The Balaban J connectivity index is 2.47. The number of aromatic nitrogens is 3. The summed E-state index contributed by atoms with van der Waals surface area (Å²) in [4.78, 5) is 14.3. The molecule has 2 aromatic rings. The van der Waals surface area contributed by atoms with E-state index in [0.717, 1.165) is 5.69 Å².